The highest BCUT2D eigenvalue weighted by Crippen LogP contribution is 2.43. The Morgan fingerprint density at radius 2 is 0.254 bits per heavy atom. The molecule has 0 heterocycles. The summed E-state index contributed by atoms with van der Waals surface area (Å²) in [5.41, 5.74) is 11.7. The van der Waals surface area contributed by atoms with Crippen LogP contribution in [0.2, 0.25) is 0 Å². The van der Waals surface area contributed by atoms with Crippen molar-refractivity contribution >= 4 is 0 Å². The van der Waals surface area contributed by atoms with E-state index in [-0.39, 0.29) is 7.43 Å². The maximum absolute atomic E-state index is 5.86. The highest BCUT2D eigenvalue weighted by molar-refractivity contribution is 4.84. The summed E-state index contributed by atoms with van der Waals surface area (Å²) in [6.07, 6.45) is 68.3. The van der Waals surface area contributed by atoms with Gasteiger partial charge in [-0.25, -0.2) is 0 Å². The van der Waals surface area contributed by atoms with Crippen molar-refractivity contribution in [2.75, 3.05) is 0 Å². The molecule has 13 aliphatic carbocycles. The standard InChI is InChI=1S/6C10H20.2C9H19N.5C9H18.CH4/c2*1-8(2)10-6-4-9(3)5-7-10;4*1-8(2)10-6-4-5-9(3)7-10;1-7(2)8-3-5-9(10)6-4-8;1-7(2)8-4-3-5-9(10)6-8;5*1-7(2)9-5-4-8(3)6-9;/h6*8-10H,4-7H2,1-3H3;2*7-9H,3-6,10H2,1-2H3;5*7-9H,4-6H2,1-3H3;1H4/t;;9-,10+;3*9-,10-;;;2*8-,9+;2*8-,9-;;/m..1110..1010../s1. The molecular formula is C124H252N2. The molecule has 4 unspecified atom stereocenters. The Morgan fingerprint density at radius 3 is 0.381 bits per heavy atom. The molecule has 126 heavy (non-hydrogen) atoms. The fourth-order valence-electron chi connectivity index (χ4n) is 25.2. The molecule has 0 amide bonds. The molecule has 13 rings (SSSR count). The second-order valence-corrected chi connectivity index (χ2v) is 53.1. The largest absolute Gasteiger partial charge is 0.328 e. The van der Waals surface area contributed by atoms with E-state index in [2.05, 4.69) is 256 Å². The zero-order valence-electron chi connectivity index (χ0n) is 93.9. The molecule has 13 saturated carbocycles. The summed E-state index contributed by atoms with van der Waals surface area (Å²) in [6, 6.07) is 1.01. The first kappa shape index (κ1) is 126. The van der Waals surface area contributed by atoms with Gasteiger partial charge in [0.25, 0.3) is 0 Å². The fourth-order valence-corrected chi connectivity index (χ4v) is 25.2. The first-order valence-corrected chi connectivity index (χ1v) is 58.1. The van der Waals surface area contributed by atoms with Crippen molar-refractivity contribution in [2.45, 2.75) is 577 Å². The van der Waals surface area contributed by atoms with Crippen LogP contribution in [0.4, 0.5) is 0 Å². The molecule has 0 aromatic rings. The highest BCUT2D eigenvalue weighted by Gasteiger charge is 2.31. The van der Waals surface area contributed by atoms with E-state index in [0.29, 0.717) is 12.1 Å². The van der Waals surface area contributed by atoms with Crippen LogP contribution in [0, 0.1) is 219 Å². The fraction of sp³-hybridized carbons (Fsp3) is 1.00. The SMILES string of the molecule is C.CC(C)C1CCC(N)CC1.CC(C)C1CCCC(N)C1.CC(C)[C@@H]1CCC[C@@H](C)C1.CC(C)[C@@H]1CCC[C@@H](C)C1.CC(C)[C@@H]1CC[C@@H](C)C1.CC(C)[C@@H]1CC[C@H](C)C1.CC(C)[C@H]1CCC[C@@H](C)C1.CC(C)[C@H]1CCC[C@H](C)C1.CC(C)[C@H]1CC[C@@H](C)C1.CC(C)[C@H]1CC[C@H](C)C1.CC1CCC(C(C)C)C1.CC1CCC(C(C)C)CC1.CC1CCC(C(C)C)CC1. The van der Waals surface area contributed by atoms with E-state index >= 15 is 0 Å². The van der Waals surface area contributed by atoms with Gasteiger partial charge >= 0.3 is 0 Å². The molecule has 0 bridgehead atoms. The Kier molecular flexibility index (Phi) is 71.3. The van der Waals surface area contributed by atoms with Crippen molar-refractivity contribution in [1.82, 2.24) is 0 Å². The van der Waals surface area contributed by atoms with Crippen LogP contribution in [-0.2, 0) is 0 Å². The summed E-state index contributed by atoms with van der Waals surface area (Å²) in [6.45, 7) is 87.4. The molecular weight excluding hydrogens is 1520 g/mol. The van der Waals surface area contributed by atoms with Gasteiger partial charge in [-0.3, -0.25) is 0 Å². The van der Waals surface area contributed by atoms with Crippen molar-refractivity contribution in [3.05, 3.63) is 0 Å². The van der Waals surface area contributed by atoms with Crippen LogP contribution < -0.4 is 11.5 Å². The molecule has 4 N–H and O–H groups in total. The van der Waals surface area contributed by atoms with E-state index in [0.717, 1.165) is 219 Å². The van der Waals surface area contributed by atoms with E-state index in [1.165, 1.54) is 302 Å². The Balaban J connectivity index is 0.00000134. The van der Waals surface area contributed by atoms with E-state index in [4.69, 9.17) is 11.5 Å². The monoisotopic (exact) mass is 1770 g/mol. The summed E-state index contributed by atoms with van der Waals surface area (Å²) in [7, 11) is 0. The lowest BCUT2D eigenvalue weighted by molar-refractivity contribution is 0.226. The van der Waals surface area contributed by atoms with Gasteiger partial charge in [0.1, 0.15) is 0 Å². The lowest BCUT2D eigenvalue weighted by Crippen LogP contribution is -2.29. The maximum Gasteiger partial charge on any atom is 0.00415 e. The van der Waals surface area contributed by atoms with Gasteiger partial charge < -0.3 is 11.5 Å². The van der Waals surface area contributed by atoms with Crippen LogP contribution in [-0.4, -0.2) is 12.1 Å². The van der Waals surface area contributed by atoms with Crippen LogP contribution in [0.25, 0.3) is 0 Å². The smallest absolute Gasteiger partial charge is 0.00415 e. The minimum absolute atomic E-state index is 0. The number of rotatable bonds is 13. The Bertz CT molecular complexity index is 2030. The molecule has 758 valence electrons. The van der Waals surface area contributed by atoms with Crippen LogP contribution in [0.3, 0.4) is 0 Å². The van der Waals surface area contributed by atoms with Gasteiger partial charge in [0, 0.05) is 12.1 Å². The molecule has 0 saturated heterocycles. The van der Waals surface area contributed by atoms with Gasteiger partial charge in [-0.15, -0.1) is 0 Å². The number of hydrogen-bond acceptors (Lipinski definition) is 2. The van der Waals surface area contributed by atoms with E-state index in [1.54, 1.807) is 0 Å². The highest BCUT2D eigenvalue weighted by atomic mass is 14.6. The maximum atomic E-state index is 5.86. The first-order valence-electron chi connectivity index (χ1n) is 58.1. The van der Waals surface area contributed by atoms with Crippen molar-refractivity contribution < 1.29 is 0 Å². The normalized spacial score (nSPS) is 35.0. The van der Waals surface area contributed by atoms with Gasteiger partial charge in [0.15, 0.2) is 0 Å². The Morgan fingerprint density at radius 1 is 0.127 bits per heavy atom. The molecule has 0 spiro atoms. The number of hydrogen-bond donors (Lipinski definition) is 2. The summed E-state index contributed by atoms with van der Waals surface area (Å²) >= 11 is 0. The average Bonchev–Trinajstić information content (AvgIpc) is 1.64. The second kappa shape index (κ2) is 71.4. The van der Waals surface area contributed by atoms with Crippen LogP contribution >= 0.6 is 0 Å². The third-order valence-electron chi connectivity index (χ3n) is 36.5. The quantitative estimate of drug-likeness (QED) is 0.193. The van der Waals surface area contributed by atoms with Gasteiger partial charge in [0.05, 0.1) is 0 Å². The zero-order valence-corrected chi connectivity index (χ0v) is 93.9. The van der Waals surface area contributed by atoms with Crippen molar-refractivity contribution in [1.29, 1.82) is 0 Å². The van der Waals surface area contributed by atoms with Crippen molar-refractivity contribution in [2.24, 2.45) is 230 Å². The van der Waals surface area contributed by atoms with E-state index < -0.39 is 0 Å². The molecule has 2 heteroatoms. The molecule has 0 aromatic heterocycles. The molecule has 0 aromatic carbocycles. The van der Waals surface area contributed by atoms with E-state index in [9.17, 15) is 0 Å². The Labute approximate surface area is 802 Å². The minimum Gasteiger partial charge on any atom is -0.328 e. The summed E-state index contributed by atoms with van der Waals surface area (Å²) < 4.78 is 0. The predicted molar refractivity (Wildman–Crippen MR) is 579 cm³/mol. The summed E-state index contributed by atoms with van der Waals surface area (Å²) in [5, 5.41) is 0. The van der Waals surface area contributed by atoms with Crippen LogP contribution in [0.15, 0.2) is 0 Å². The lowest BCUT2D eigenvalue weighted by Gasteiger charge is -2.29. The molecule has 0 radical (unpaired) electrons. The predicted octanol–water partition coefficient (Wildman–Crippen LogP) is 41.2. The third-order valence-corrected chi connectivity index (χ3v) is 36.5. The molecule has 13 fully saturated rings. The summed E-state index contributed by atoms with van der Waals surface area (Å²) in [4.78, 5) is 0. The topological polar surface area (TPSA) is 52.0 Å². The van der Waals surface area contributed by atoms with Crippen molar-refractivity contribution in [3.8, 4) is 0 Å². The van der Waals surface area contributed by atoms with Crippen LogP contribution in [0.1, 0.15) is 565 Å². The third kappa shape index (κ3) is 59.8. The van der Waals surface area contributed by atoms with Gasteiger partial charge in [-0.2, -0.15) is 0 Å². The minimum atomic E-state index is 0. The average molecular weight is 1770 g/mol. The van der Waals surface area contributed by atoms with Crippen molar-refractivity contribution in [3.63, 3.8) is 0 Å². The second-order valence-electron chi connectivity index (χ2n) is 53.1. The zero-order chi connectivity index (χ0) is 94.8. The van der Waals surface area contributed by atoms with Gasteiger partial charge in [0.2, 0.25) is 0 Å². The summed E-state index contributed by atoms with van der Waals surface area (Å²) in [5.74, 6) is 36.2. The molecule has 2 nitrogen and oxygen atoms in total. The van der Waals surface area contributed by atoms with E-state index in [1.807, 2.05) is 0 Å². The Hall–Kier alpha value is -0.0800. The first-order chi connectivity index (χ1) is 58.6. The molecule has 20 atom stereocenters. The van der Waals surface area contributed by atoms with Gasteiger partial charge in [-0.1, -0.05) is 411 Å². The van der Waals surface area contributed by atoms with Crippen LogP contribution in [0.5, 0.6) is 0 Å². The number of nitrogens with two attached hydrogens (primary N) is 2. The van der Waals surface area contributed by atoms with Gasteiger partial charge in [-0.05, 0) is 373 Å². The molecule has 0 aliphatic heterocycles. The lowest BCUT2D eigenvalue weighted by atomic mass is 9.77. The molecule has 13 aliphatic rings.